The molecule has 0 saturated heterocycles. The highest BCUT2D eigenvalue weighted by atomic mass is 79.9. The second kappa shape index (κ2) is 5.93. The summed E-state index contributed by atoms with van der Waals surface area (Å²) in [4.78, 5) is 0. The van der Waals surface area contributed by atoms with Crippen molar-refractivity contribution in [1.82, 2.24) is 0 Å². The lowest BCUT2D eigenvalue weighted by Crippen LogP contribution is -2.14. The molecule has 0 aliphatic heterocycles. The van der Waals surface area contributed by atoms with E-state index in [0.29, 0.717) is 22.9 Å². The number of halogens is 2. The average molecular weight is 324 g/mol. The molecule has 0 radical (unpaired) electrons. The lowest BCUT2D eigenvalue weighted by atomic mass is 10.0. The summed E-state index contributed by atoms with van der Waals surface area (Å²) in [5.74, 6) is -0.293. The molecular formula is C11H15BrFNO2S. The van der Waals surface area contributed by atoms with Gasteiger partial charge < -0.3 is 5.73 Å². The van der Waals surface area contributed by atoms with Gasteiger partial charge in [0.2, 0.25) is 0 Å². The smallest absolute Gasteiger partial charge is 0.147 e. The van der Waals surface area contributed by atoms with Gasteiger partial charge in [-0.15, -0.1) is 0 Å². The molecule has 1 rings (SSSR count). The number of hydrogen-bond acceptors (Lipinski definition) is 3. The predicted molar refractivity (Wildman–Crippen MR) is 70.0 cm³/mol. The largest absolute Gasteiger partial charge is 0.324 e. The Bertz CT molecular complexity index is 470. The van der Waals surface area contributed by atoms with Crippen LogP contribution < -0.4 is 5.73 Å². The van der Waals surface area contributed by atoms with Crippen molar-refractivity contribution in [3.8, 4) is 0 Å². The summed E-state index contributed by atoms with van der Waals surface area (Å²) in [5.41, 5.74) is 6.26. The van der Waals surface area contributed by atoms with Crippen molar-refractivity contribution < 1.29 is 12.8 Å². The van der Waals surface area contributed by atoms with E-state index in [9.17, 15) is 12.8 Å². The highest BCUT2D eigenvalue weighted by Crippen LogP contribution is 2.27. The van der Waals surface area contributed by atoms with E-state index in [1.165, 1.54) is 12.3 Å². The molecule has 0 saturated carbocycles. The minimum Gasteiger partial charge on any atom is -0.324 e. The number of nitrogens with two attached hydrogens (primary N) is 1. The molecule has 2 N–H and O–H groups in total. The Kier molecular flexibility index (Phi) is 5.09. The Labute approximate surface area is 109 Å². The minimum absolute atomic E-state index is 0.0762. The third-order valence-corrected chi connectivity index (χ3v) is 4.12. The summed E-state index contributed by atoms with van der Waals surface area (Å²) in [6.07, 6.45) is 2.05. The van der Waals surface area contributed by atoms with Crippen molar-refractivity contribution in [2.24, 2.45) is 5.73 Å². The van der Waals surface area contributed by atoms with E-state index in [1.807, 2.05) is 0 Å². The van der Waals surface area contributed by atoms with Crippen LogP contribution in [0.2, 0.25) is 0 Å². The van der Waals surface area contributed by atoms with Crippen molar-refractivity contribution in [2.75, 3.05) is 12.0 Å². The second-order valence-electron chi connectivity index (χ2n) is 4.01. The first-order valence-electron chi connectivity index (χ1n) is 5.18. The number of hydrogen-bond donors (Lipinski definition) is 1. The fourth-order valence-electron chi connectivity index (χ4n) is 1.57. The summed E-state index contributed by atoms with van der Waals surface area (Å²) in [5, 5.41) is 0. The molecule has 0 heterocycles. The van der Waals surface area contributed by atoms with Crippen LogP contribution in [0, 0.1) is 5.82 Å². The Morgan fingerprint density at radius 3 is 2.65 bits per heavy atom. The molecule has 0 spiro atoms. The molecule has 0 aliphatic rings. The zero-order valence-electron chi connectivity index (χ0n) is 9.49. The summed E-state index contributed by atoms with van der Waals surface area (Å²) in [7, 11) is -2.98. The van der Waals surface area contributed by atoms with E-state index in [2.05, 4.69) is 15.9 Å². The molecule has 17 heavy (non-hydrogen) atoms. The first-order valence-corrected chi connectivity index (χ1v) is 8.04. The van der Waals surface area contributed by atoms with Crippen LogP contribution in [-0.4, -0.2) is 20.4 Å². The van der Waals surface area contributed by atoms with E-state index in [0.717, 1.165) is 0 Å². The molecule has 6 heteroatoms. The standard InChI is InChI=1S/C11H15BrFNO2S/c1-17(15,16)7-3-6-10(14)11-8(12)4-2-5-9(11)13/h2,4-5,10H,3,6-7,14H2,1H3. The molecular weight excluding hydrogens is 309 g/mol. The molecule has 0 aromatic heterocycles. The summed E-state index contributed by atoms with van der Waals surface area (Å²) < 4.78 is 36.1. The van der Waals surface area contributed by atoms with Gasteiger partial charge in [-0.2, -0.15) is 0 Å². The normalized spacial score (nSPS) is 13.6. The van der Waals surface area contributed by atoms with E-state index >= 15 is 0 Å². The molecule has 96 valence electrons. The fraction of sp³-hybridized carbons (Fsp3) is 0.455. The van der Waals surface area contributed by atoms with Crippen molar-refractivity contribution in [3.05, 3.63) is 34.1 Å². The SMILES string of the molecule is CS(=O)(=O)CCCC(N)c1c(F)cccc1Br. The third kappa shape index (κ3) is 4.73. The molecule has 0 fully saturated rings. The van der Waals surface area contributed by atoms with Crippen LogP contribution >= 0.6 is 15.9 Å². The van der Waals surface area contributed by atoms with Crippen LogP contribution in [-0.2, 0) is 9.84 Å². The van der Waals surface area contributed by atoms with Crippen LogP contribution in [0.4, 0.5) is 4.39 Å². The van der Waals surface area contributed by atoms with E-state index in [-0.39, 0.29) is 11.6 Å². The highest BCUT2D eigenvalue weighted by Gasteiger charge is 2.15. The second-order valence-corrected chi connectivity index (χ2v) is 7.13. The van der Waals surface area contributed by atoms with E-state index in [1.54, 1.807) is 12.1 Å². The van der Waals surface area contributed by atoms with Gasteiger partial charge >= 0.3 is 0 Å². The Morgan fingerprint density at radius 1 is 1.47 bits per heavy atom. The van der Waals surface area contributed by atoms with Gasteiger partial charge in [-0.05, 0) is 25.0 Å². The first-order chi connectivity index (χ1) is 7.81. The third-order valence-electron chi connectivity index (χ3n) is 2.40. The molecule has 0 amide bonds. The molecule has 1 unspecified atom stereocenters. The maximum atomic E-state index is 13.5. The molecule has 1 atom stereocenters. The topological polar surface area (TPSA) is 60.2 Å². The maximum Gasteiger partial charge on any atom is 0.147 e. The monoisotopic (exact) mass is 323 g/mol. The van der Waals surface area contributed by atoms with Gasteiger partial charge in [0, 0.05) is 28.1 Å². The minimum atomic E-state index is -2.98. The molecule has 1 aromatic rings. The van der Waals surface area contributed by atoms with Crippen molar-refractivity contribution in [1.29, 1.82) is 0 Å². The lowest BCUT2D eigenvalue weighted by Gasteiger charge is -2.14. The van der Waals surface area contributed by atoms with Gasteiger partial charge in [0.05, 0.1) is 0 Å². The van der Waals surface area contributed by atoms with Gasteiger partial charge in [-0.3, -0.25) is 0 Å². The van der Waals surface area contributed by atoms with Gasteiger partial charge in [0.25, 0.3) is 0 Å². The Morgan fingerprint density at radius 2 is 2.12 bits per heavy atom. The van der Waals surface area contributed by atoms with E-state index < -0.39 is 15.9 Å². The lowest BCUT2D eigenvalue weighted by molar-refractivity contribution is 0.553. The van der Waals surface area contributed by atoms with Gasteiger partial charge in [-0.1, -0.05) is 22.0 Å². The van der Waals surface area contributed by atoms with Crippen LogP contribution in [0.15, 0.2) is 22.7 Å². The Balaban J connectivity index is 2.67. The van der Waals surface area contributed by atoms with Crippen LogP contribution in [0.5, 0.6) is 0 Å². The van der Waals surface area contributed by atoms with Crippen molar-refractivity contribution in [3.63, 3.8) is 0 Å². The Hall–Kier alpha value is -0.460. The average Bonchev–Trinajstić information content (AvgIpc) is 2.15. The highest BCUT2D eigenvalue weighted by molar-refractivity contribution is 9.10. The molecule has 1 aromatic carbocycles. The predicted octanol–water partition coefficient (Wildman–Crippen LogP) is 2.41. The van der Waals surface area contributed by atoms with Gasteiger partial charge in [0.1, 0.15) is 15.7 Å². The first kappa shape index (κ1) is 14.6. The van der Waals surface area contributed by atoms with Crippen LogP contribution in [0.3, 0.4) is 0 Å². The summed E-state index contributed by atoms with van der Waals surface area (Å²) in [6, 6.07) is 4.16. The maximum absolute atomic E-state index is 13.5. The zero-order valence-corrected chi connectivity index (χ0v) is 11.9. The number of sulfone groups is 1. The fourth-order valence-corrected chi connectivity index (χ4v) is 2.90. The number of benzene rings is 1. The van der Waals surface area contributed by atoms with Crippen LogP contribution in [0.25, 0.3) is 0 Å². The zero-order chi connectivity index (χ0) is 13.1. The quantitative estimate of drug-likeness (QED) is 0.905. The molecule has 3 nitrogen and oxygen atoms in total. The molecule has 0 bridgehead atoms. The summed E-state index contributed by atoms with van der Waals surface area (Å²) >= 11 is 3.24. The van der Waals surface area contributed by atoms with Crippen LogP contribution in [0.1, 0.15) is 24.4 Å². The van der Waals surface area contributed by atoms with Gasteiger partial charge in [-0.25, -0.2) is 12.8 Å². The van der Waals surface area contributed by atoms with Crippen molar-refractivity contribution in [2.45, 2.75) is 18.9 Å². The number of rotatable bonds is 5. The summed E-state index contributed by atoms with van der Waals surface area (Å²) in [6.45, 7) is 0. The van der Waals surface area contributed by atoms with Gasteiger partial charge in [0.15, 0.2) is 0 Å². The van der Waals surface area contributed by atoms with Crippen molar-refractivity contribution >= 4 is 25.8 Å². The van der Waals surface area contributed by atoms with E-state index in [4.69, 9.17) is 5.73 Å². The molecule has 0 aliphatic carbocycles.